The third-order valence-electron chi connectivity index (χ3n) is 4.82. The molecule has 7 nitrogen and oxygen atoms in total. The van der Waals surface area contributed by atoms with E-state index >= 15 is 0 Å². The van der Waals surface area contributed by atoms with Crippen LogP contribution in [0.5, 0.6) is 0 Å². The van der Waals surface area contributed by atoms with E-state index in [4.69, 9.17) is 4.74 Å². The summed E-state index contributed by atoms with van der Waals surface area (Å²) >= 11 is 1.28. The van der Waals surface area contributed by atoms with Crippen LogP contribution in [0.15, 0.2) is 48.7 Å². The first-order chi connectivity index (χ1) is 14.6. The van der Waals surface area contributed by atoms with Crippen LogP contribution in [0.3, 0.4) is 0 Å². The van der Waals surface area contributed by atoms with Crippen molar-refractivity contribution in [1.29, 1.82) is 0 Å². The third kappa shape index (κ3) is 4.55. The average molecular weight is 423 g/mol. The summed E-state index contributed by atoms with van der Waals surface area (Å²) in [6, 6.07) is 12.5. The van der Waals surface area contributed by atoms with Crippen LogP contribution in [0.2, 0.25) is 0 Å². The number of anilines is 1. The van der Waals surface area contributed by atoms with E-state index in [1.165, 1.54) is 11.3 Å². The van der Waals surface area contributed by atoms with Crippen molar-refractivity contribution >= 4 is 28.8 Å². The zero-order valence-corrected chi connectivity index (χ0v) is 17.4. The third-order valence-corrected chi connectivity index (χ3v) is 6.00. The summed E-state index contributed by atoms with van der Waals surface area (Å²) in [5.74, 6) is -0.539. The van der Waals surface area contributed by atoms with Gasteiger partial charge in [0.05, 0.1) is 28.7 Å². The van der Waals surface area contributed by atoms with Crippen LogP contribution in [-0.4, -0.2) is 41.0 Å². The van der Waals surface area contributed by atoms with Gasteiger partial charge in [0.1, 0.15) is 9.88 Å². The number of aryl methyl sites for hydroxylation is 1. The van der Waals surface area contributed by atoms with Gasteiger partial charge < -0.3 is 15.4 Å². The van der Waals surface area contributed by atoms with Crippen molar-refractivity contribution in [1.82, 2.24) is 15.3 Å². The number of carbonyl (C=O) groups excluding carboxylic acids is 2. The molecule has 0 radical (unpaired) electrons. The fraction of sp³-hybridized carbons (Fsp3) is 0.273. The number of amides is 2. The molecule has 1 fully saturated rings. The van der Waals surface area contributed by atoms with Crippen LogP contribution in [0.25, 0.3) is 10.7 Å². The second-order valence-corrected chi connectivity index (χ2v) is 7.99. The lowest BCUT2D eigenvalue weighted by atomic mass is 10.1. The highest BCUT2D eigenvalue weighted by molar-refractivity contribution is 7.17. The van der Waals surface area contributed by atoms with Crippen LogP contribution in [-0.2, 0) is 4.74 Å². The molecule has 1 aromatic carbocycles. The lowest BCUT2D eigenvalue weighted by molar-refractivity contribution is 0.0858. The molecule has 2 N–H and O–H groups in total. The van der Waals surface area contributed by atoms with E-state index in [9.17, 15) is 9.59 Å². The number of benzene rings is 1. The van der Waals surface area contributed by atoms with Crippen molar-refractivity contribution in [2.24, 2.45) is 0 Å². The van der Waals surface area contributed by atoms with Gasteiger partial charge in [0.25, 0.3) is 11.8 Å². The minimum atomic E-state index is -0.299. The fourth-order valence-electron chi connectivity index (χ4n) is 3.28. The second kappa shape index (κ2) is 9.15. The Morgan fingerprint density at radius 2 is 2.00 bits per heavy atom. The Kier molecular flexibility index (Phi) is 6.15. The SMILES string of the molecule is Cc1nc(-c2ccccn2)sc1C(=O)Nc1ccccc1C(=O)NC[C@@H]1CCCO1. The Hall–Kier alpha value is -3.10. The number of nitrogens with one attached hydrogen (secondary N) is 2. The molecule has 0 bridgehead atoms. The maximum Gasteiger partial charge on any atom is 0.267 e. The summed E-state index contributed by atoms with van der Waals surface area (Å²) in [6.07, 6.45) is 3.71. The molecule has 8 heteroatoms. The summed E-state index contributed by atoms with van der Waals surface area (Å²) in [6.45, 7) is 2.99. The summed E-state index contributed by atoms with van der Waals surface area (Å²) in [4.78, 5) is 34.8. The number of hydrogen-bond acceptors (Lipinski definition) is 6. The Balaban J connectivity index is 1.48. The maximum absolute atomic E-state index is 12.9. The van der Waals surface area contributed by atoms with Gasteiger partial charge in [0, 0.05) is 19.3 Å². The highest BCUT2D eigenvalue weighted by atomic mass is 32.1. The van der Waals surface area contributed by atoms with E-state index in [-0.39, 0.29) is 17.9 Å². The molecule has 3 heterocycles. The van der Waals surface area contributed by atoms with Crippen LogP contribution >= 0.6 is 11.3 Å². The second-order valence-electron chi connectivity index (χ2n) is 6.99. The number of rotatable bonds is 6. The van der Waals surface area contributed by atoms with Gasteiger partial charge in [-0.25, -0.2) is 4.98 Å². The first kappa shape index (κ1) is 20.2. The molecular weight excluding hydrogens is 400 g/mol. The van der Waals surface area contributed by atoms with Crippen molar-refractivity contribution in [2.75, 3.05) is 18.5 Å². The Labute approximate surface area is 178 Å². The molecule has 0 aliphatic carbocycles. The predicted octanol–water partition coefficient (Wildman–Crippen LogP) is 3.67. The zero-order chi connectivity index (χ0) is 20.9. The molecular formula is C22H22N4O3S. The molecule has 2 amide bonds. The number of hydrogen-bond donors (Lipinski definition) is 2. The van der Waals surface area contributed by atoms with Crippen LogP contribution in [0, 0.1) is 6.92 Å². The maximum atomic E-state index is 12.9. The van der Waals surface area contributed by atoms with Crippen molar-refractivity contribution in [3.8, 4) is 10.7 Å². The molecule has 30 heavy (non-hydrogen) atoms. The van der Waals surface area contributed by atoms with Gasteiger partial charge >= 0.3 is 0 Å². The predicted molar refractivity (Wildman–Crippen MR) is 116 cm³/mol. The number of aromatic nitrogens is 2. The summed E-state index contributed by atoms with van der Waals surface area (Å²) in [7, 11) is 0. The molecule has 0 unspecified atom stereocenters. The molecule has 3 aromatic rings. The van der Waals surface area contributed by atoms with E-state index in [0.29, 0.717) is 33.4 Å². The van der Waals surface area contributed by atoms with E-state index in [1.54, 1.807) is 37.4 Å². The van der Waals surface area contributed by atoms with E-state index in [2.05, 4.69) is 20.6 Å². The topological polar surface area (TPSA) is 93.2 Å². The van der Waals surface area contributed by atoms with Gasteiger partial charge in [0.2, 0.25) is 0 Å². The molecule has 1 saturated heterocycles. The monoisotopic (exact) mass is 422 g/mol. The summed E-state index contributed by atoms with van der Waals surface area (Å²) in [5, 5.41) is 6.44. The lowest BCUT2D eigenvalue weighted by Crippen LogP contribution is -2.32. The molecule has 1 aliphatic heterocycles. The minimum absolute atomic E-state index is 0.0561. The Bertz CT molecular complexity index is 1050. The van der Waals surface area contributed by atoms with Crippen LogP contribution < -0.4 is 10.6 Å². The van der Waals surface area contributed by atoms with Crippen LogP contribution in [0.4, 0.5) is 5.69 Å². The van der Waals surface area contributed by atoms with Crippen LogP contribution in [0.1, 0.15) is 38.6 Å². The van der Waals surface area contributed by atoms with Gasteiger partial charge in [-0.05, 0) is 44.0 Å². The smallest absolute Gasteiger partial charge is 0.267 e. The largest absolute Gasteiger partial charge is 0.376 e. The number of para-hydroxylation sites is 1. The molecule has 0 saturated carbocycles. The average Bonchev–Trinajstić information content (AvgIpc) is 3.43. The Morgan fingerprint density at radius 1 is 1.17 bits per heavy atom. The van der Waals surface area contributed by atoms with E-state index in [1.807, 2.05) is 18.2 Å². The first-order valence-corrected chi connectivity index (χ1v) is 10.6. The van der Waals surface area contributed by atoms with Crippen molar-refractivity contribution in [2.45, 2.75) is 25.9 Å². The zero-order valence-electron chi connectivity index (χ0n) is 16.6. The molecule has 1 aliphatic rings. The number of pyridine rings is 1. The number of thiazole rings is 1. The highest BCUT2D eigenvalue weighted by Gasteiger charge is 2.21. The number of carbonyl (C=O) groups is 2. The van der Waals surface area contributed by atoms with Crippen molar-refractivity contribution in [3.05, 3.63) is 64.8 Å². The van der Waals surface area contributed by atoms with Gasteiger partial charge in [0.15, 0.2) is 0 Å². The molecule has 1 atom stereocenters. The normalized spacial score (nSPS) is 15.7. The van der Waals surface area contributed by atoms with E-state index < -0.39 is 0 Å². The summed E-state index contributed by atoms with van der Waals surface area (Å²) < 4.78 is 5.55. The van der Waals surface area contributed by atoms with Gasteiger partial charge in [-0.3, -0.25) is 14.6 Å². The minimum Gasteiger partial charge on any atom is -0.376 e. The first-order valence-electron chi connectivity index (χ1n) is 9.81. The number of nitrogens with zero attached hydrogens (tertiary/aromatic N) is 2. The fourth-order valence-corrected chi connectivity index (χ4v) is 4.22. The van der Waals surface area contributed by atoms with E-state index in [0.717, 1.165) is 25.1 Å². The van der Waals surface area contributed by atoms with Crippen molar-refractivity contribution < 1.29 is 14.3 Å². The van der Waals surface area contributed by atoms with Gasteiger partial charge in [-0.15, -0.1) is 11.3 Å². The van der Waals surface area contributed by atoms with Gasteiger partial charge in [-0.2, -0.15) is 0 Å². The summed E-state index contributed by atoms with van der Waals surface area (Å²) in [5.41, 5.74) is 2.22. The Morgan fingerprint density at radius 3 is 2.77 bits per heavy atom. The molecule has 4 rings (SSSR count). The van der Waals surface area contributed by atoms with Gasteiger partial charge in [-0.1, -0.05) is 18.2 Å². The molecule has 0 spiro atoms. The molecule has 2 aromatic heterocycles. The standard InChI is InChI=1S/C22H22N4O3S/c1-14-19(30-22(25-14)18-10-4-5-11-23-18)21(28)26-17-9-3-2-8-16(17)20(27)24-13-15-7-6-12-29-15/h2-5,8-11,15H,6-7,12-13H2,1H3,(H,24,27)(H,26,28)/t15-/m0/s1. The molecule has 154 valence electrons. The van der Waals surface area contributed by atoms with Crippen molar-refractivity contribution in [3.63, 3.8) is 0 Å². The quantitative estimate of drug-likeness (QED) is 0.632. The highest BCUT2D eigenvalue weighted by Crippen LogP contribution is 2.27. The lowest BCUT2D eigenvalue weighted by Gasteiger charge is -2.13. The number of ether oxygens (including phenoxy) is 1.